The summed E-state index contributed by atoms with van der Waals surface area (Å²) in [5, 5.41) is 3.30. The van der Waals surface area contributed by atoms with Crippen molar-refractivity contribution in [3.8, 4) is 0 Å². The van der Waals surface area contributed by atoms with Crippen LogP contribution >= 0.6 is 0 Å². The predicted octanol–water partition coefficient (Wildman–Crippen LogP) is 1.28. The maximum Gasteiger partial charge on any atom is 0.243 e. The fourth-order valence-electron chi connectivity index (χ4n) is 3.44. The Labute approximate surface area is 119 Å². The lowest BCUT2D eigenvalue weighted by Crippen LogP contribution is -2.32. The summed E-state index contributed by atoms with van der Waals surface area (Å²) in [4.78, 5) is 0.270. The lowest BCUT2D eigenvalue weighted by molar-refractivity contribution is 0.447. The van der Waals surface area contributed by atoms with Crippen LogP contribution in [0.2, 0.25) is 0 Å². The quantitative estimate of drug-likeness (QED) is 0.895. The minimum Gasteiger partial charge on any atom is -0.316 e. The van der Waals surface area contributed by atoms with Gasteiger partial charge in [-0.2, -0.15) is 4.31 Å². The van der Waals surface area contributed by atoms with Crippen molar-refractivity contribution < 1.29 is 12.8 Å². The molecule has 0 saturated carbocycles. The fourth-order valence-corrected chi connectivity index (χ4v) is 5.41. The Morgan fingerprint density at radius 1 is 1.15 bits per heavy atom. The monoisotopic (exact) mass is 298 g/mol. The third-order valence-corrected chi connectivity index (χ3v) is 6.52. The van der Waals surface area contributed by atoms with Crippen LogP contribution in [-0.2, 0) is 10.0 Å². The molecule has 0 spiro atoms. The largest absolute Gasteiger partial charge is 0.316 e. The molecule has 3 rings (SSSR count). The zero-order valence-corrected chi connectivity index (χ0v) is 12.5. The first-order chi connectivity index (χ1) is 9.39. The van der Waals surface area contributed by atoms with Crippen LogP contribution in [0.25, 0.3) is 0 Å². The van der Waals surface area contributed by atoms with Crippen LogP contribution in [-0.4, -0.2) is 38.9 Å². The van der Waals surface area contributed by atoms with E-state index in [1.807, 2.05) is 0 Å². The summed E-state index contributed by atoms with van der Waals surface area (Å²) in [5.41, 5.74) is 0.968. The maximum absolute atomic E-state index is 13.3. The van der Waals surface area contributed by atoms with Gasteiger partial charge in [-0.3, -0.25) is 0 Å². The molecule has 0 radical (unpaired) electrons. The van der Waals surface area contributed by atoms with Gasteiger partial charge < -0.3 is 5.32 Å². The second-order valence-electron chi connectivity index (χ2n) is 5.87. The summed E-state index contributed by atoms with van der Waals surface area (Å²) in [6.45, 7) is 6.21. The van der Waals surface area contributed by atoms with Gasteiger partial charge in [-0.1, -0.05) is 0 Å². The molecule has 0 unspecified atom stereocenters. The van der Waals surface area contributed by atoms with Gasteiger partial charge in [0.15, 0.2) is 0 Å². The van der Waals surface area contributed by atoms with Gasteiger partial charge in [-0.25, -0.2) is 12.8 Å². The molecular weight excluding hydrogens is 279 g/mol. The Kier molecular flexibility index (Phi) is 3.35. The van der Waals surface area contributed by atoms with Crippen molar-refractivity contribution >= 4 is 10.0 Å². The van der Waals surface area contributed by atoms with E-state index in [1.54, 1.807) is 18.2 Å². The molecular formula is C14H19FN2O2S. The summed E-state index contributed by atoms with van der Waals surface area (Å²) < 4.78 is 40.5. The van der Waals surface area contributed by atoms with Gasteiger partial charge in [0.2, 0.25) is 10.0 Å². The molecule has 2 aliphatic rings. The molecule has 2 atom stereocenters. The van der Waals surface area contributed by atoms with Gasteiger partial charge in [0.05, 0.1) is 4.90 Å². The van der Waals surface area contributed by atoms with Gasteiger partial charge in [0, 0.05) is 13.1 Å². The molecule has 0 aliphatic carbocycles. The number of halogens is 1. The van der Waals surface area contributed by atoms with E-state index in [-0.39, 0.29) is 10.7 Å². The Morgan fingerprint density at radius 2 is 1.65 bits per heavy atom. The zero-order chi connectivity index (χ0) is 14.5. The summed E-state index contributed by atoms with van der Waals surface area (Å²) in [6, 6.07) is 2.58. The lowest BCUT2D eigenvalue weighted by atomic mass is 10.0. The predicted molar refractivity (Wildman–Crippen MR) is 74.5 cm³/mol. The highest BCUT2D eigenvalue weighted by molar-refractivity contribution is 7.89. The maximum atomic E-state index is 13.3. The standard InChI is InChI=1S/C14H19FN2O2S/c1-9-3-13(15)4-10(2)14(9)20(18,19)17-7-11-5-16-6-12(11)8-17/h3-4,11-12,16H,5-8H2,1-2H3/t11-,12+. The smallest absolute Gasteiger partial charge is 0.243 e. The Morgan fingerprint density at radius 3 is 2.15 bits per heavy atom. The van der Waals surface area contributed by atoms with Crippen LogP contribution in [0.1, 0.15) is 11.1 Å². The molecule has 0 amide bonds. The Hall–Kier alpha value is -0.980. The first-order valence-corrected chi connectivity index (χ1v) is 8.31. The molecule has 1 N–H and O–H groups in total. The number of hydrogen-bond acceptors (Lipinski definition) is 3. The highest BCUT2D eigenvalue weighted by Crippen LogP contribution is 2.33. The van der Waals surface area contributed by atoms with Crippen molar-refractivity contribution in [1.29, 1.82) is 0 Å². The average Bonchev–Trinajstić information content (AvgIpc) is 2.85. The van der Waals surface area contributed by atoms with Crippen LogP contribution in [0.3, 0.4) is 0 Å². The van der Waals surface area contributed by atoms with E-state index >= 15 is 0 Å². The first kappa shape index (κ1) is 14.0. The van der Waals surface area contributed by atoms with Crippen molar-refractivity contribution in [2.75, 3.05) is 26.2 Å². The molecule has 4 nitrogen and oxygen atoms in total. The van der Waals surface area contributed by atoms with Crippen LogP contribution in [0.4, 0.5) is 4.39 Å². The third-order valence-electron chi connectivity index (χ3n) is 4.38. The van der Waals surface area contributed by atoms with Gasteiger partial charge in [0.25, 0.3) is 0 Å². The van der Waals surface area contributed by atoms with E-state index in [9.17, 15) is 12.8 Å². The lowest BCUT2D eigenvalue weighted by Gasteiger charge is -2.20. The Balaban J connectivity index is 1.97. The van der Waals surface area contributed by atoms with E-state index < -0.39 is 10.0 Å². The number of sulfonamides is 1. The molecule has 110 valence electrons. The number of hydrogen-bond donors (Lipinski definition) is 1. The number of benzene rings is 1. The van der Waals surface area contributed by atoms with E-state index in [0.29, 0.717) is 36.1 Å². The summed E-state index contributed by atoms with van der Waals surface area (Å²) in [5.74, 6) is 0.429. The third kappa shape index (κ3) is 2.16. The van der Waals surface area contributed by atoms with Crippen molar-refractivity contribution in [3.05, 3.63) is 29.1 Å². The van der Waals surface area contributed by atoms with E-state index in [4.69, 9.17) is 0 Å². The molecule has 2 fully saturated rings. The minimum atomic E-state index is -3.52. The van der Waals surface area contributed by atoms with Crippen LogP contribution < -0.4 is 5.32 Å². The van der Waals surface area contributed by atoms with Crippen molar-refractivity contribution in [1.82, 2.24) is 9.62 Å². The number of fused-ring (bicyclic) bond motifs is 1. The van der Waals surface area contributed by atoms with Gasteiger partial charge in [-0.05, 0) is 62.0 Å². The highest BCUT2D eigenvalue weighted by Gasteiger charge is 2.42. The zero-order valence-electron chi connectivity index (χ0n) is 11.7. The number of nitrogens with one attached hydrogen (secondary N) is 1. The second kappa shape index (κ2) is 4.79. The molecule has 2 saturated heterocycles. The van der Waals surface area contributed by atoms with Crippen molar-refractivity contribution in [2.24, 2.45) is 11.8 Å². The SMILES string of the molecule is Cc1cc(F)cc(C)c1S(=O)(=O)N1C[C@H]2CNC[C@H]2C1. The van der Waals surface area contributed by atoms with Crippen LogP contribution in [0.5, 0.6) is 0 Å². The van der Waals surface area contributed by atoms with Crippen molar-refractivity contribution in [2.45, 2.75) is 18.7 Å². The fraction of sp³-hybridized carbons (Fsp3) is 0.571. The molecule has 6 heteroatoms. The number of aryl methyl sites for hydroxylation is 2. The topological polar surface area (TPSA) is 49.4 Å². The van der Waals surface area contributed by atoms with Crippen LogP contribution in [0.15, 0.2) is 17.0 Å². The summed E-state index contributed by atoms with van der Waals surface area (Å²) in [7, 11) is -3.52. The first-order valence-electron chi connectivity index (χ1n) is 6.87. The minimum absolute atomic E-state index is 0.270. The molecule has 1 aromatic rings. The van der Waals surface area contributed by atoms with Crippen molar-refractivity contribution in [3.63, 3.8) is 0 Å². The molecule has 20 heavy (non-hydrogen) atoms. The van der Waals surface area contributed by atoms with Gasteiger partial charge in [-0.15, -0.1) is 0 Å². The normalized spacial score (nSPS) is 26.9. The molecule has 2 heterocycles. The van der Waals surface area contributed by atoms with E-state index in [2.05, 4.69) is 5.32 Å². The molecule has 1 aromatic carbocycles. The highest BCUT2D eigenvalue weighted by atomic mass is 32.2. The summed E-state index contributed by atoms with van der Waals surface area (Å²) >= 11 is 0. The average molecular weight is 298 g/mol. The number of rotatable bonds is 2. The molecule has 2 aliphatic heterocycles. The molecule has 0 aromatic heterocycles. The van der Waals surface area contributed by atoms with Gasteiger partial charge >= 0.3 is 0 Å². The number of nitrogens with zero attached hydrogens (tertiary/aromatic N) is 1. The summed E-state index contributed by atoms with van der Waals surface area (Å²) in [6.07, 6.45) is 0. The molecule has 0 bridgehead atoms. The van der Waals surface area contributed by atoms with E-state index in [1.165, 1.54) is 12.1 Å². The van der Waals surface area contributed by atoms with E-state index in [0.717, 1.165) is 13.1 Å². The van der Waals surface area contributed by atoms with Gasteiger partial charge in [0.1, 0.15) is 5.82 Å². The van der Waals surface area contributed by atoms with Crippen LogP contribution in [0, 0.1) is 31.5 Å². The Bertz CT molecular complexity index is 610. The second-order valence-corrected chi connectivity index (χ2v) is 7.74.